The predicted octanol–water partition coefficient (Wildman–Crippen LogP) is 0.316. The van der Waals surface area contributed by atoms with Gasteiger partial charge in [0.25, 0.3) is 5.75 Å². The molecule has 23 heavy (non-hydrogen) atoms. The highest BCUT2D eigenvalue weighted by atomic mass is 16.7. The minimum absolute atomic E-state index is 0.284. The lowest BCUT2D eigenvalue weighted by atomic mass is 10.2. The fraction of sp³-hybridized carbons (Fsp3) is 0.400. The second-order valence-electron chi connectivity index (χ2n) is 4.48. The highest BCUT2D eigenvalue weighted by molar-refractivity contribution is 5.74. The third kappa shape index (κ3) is 3.24. The Bertz CT molecular complexity index is 672. The molecule has 0 radical (unpaired) electrons. The first-order valence-corrected chi connectivity index (χ1v) is 6.29. The van der Waals surface area contributed by atoms with Gasteiger partial charge in [-0.25, -0.2) is 0 Å². The molecule has 2 rings (SSSR count). The minimum Gasteiger partial charge on any atom is -0.497 e. The van der Waals surface area contributed by atoms with Crippen LogP contribution in [0, 0.1) is 30.3 Å². The van der Waals surface area contributed by atoms with Crippen molar-refractivity contribution in [3.8, 4) is 11.5 Å². The van der Waals surface area contributed by atoms with Crippen LogP contribution in [0.15, 0.2) is 6.07 Å². The van der Waals surface area contributed by atoms with E-state index in [1.807, 2.05) is 0 Å². The number of phenolic OH excluding ortho intramolecular Hbond substituents is 1. The Morgan fingerprint density at radius 3 is 2.09 bits per heavy atom. The van der Waals surface area contributed by atoms with E-state index < -0.39 is 43.3 Å². The summed E-state index contributed by atoms with van der Waals surface area (Å²) in [5.41, 5.74) is -3.33. The Labute approximate surface area is 127 Å². The molecule has 1 aliphatic heterocycles. The molecule has 1 fully saturated rings. The van der Waals surface area contributed by atoms with Gasteiger partial charge in [-0.15, -0.1) is 5.06 Å². The number of nitrogens with zero attached hydrogens (tertiary/aromatic N) is 4. The summed E-state index contributed by atoms with van der Waals surface area (Å²) in [4.78, 5) is 34.9. The van der Waals surface area contributed by atoms with Gasteiger partial charge >= 0.3 is 22.8 Å². The lowest BCUT2D eigenvalue weighted by Gasteiger charge is -2.26. The van der Waals surface area contributed by atoms with Gasteiger partial charge in [-0.05, 0) is 0 Å². The molecule has 13 nitrogen and oxygen atoms in total. The predicted molar refractivity (Wildman–Crippen MR) is 73.1 cm³/mol. The van der Waals surface area contributed by atoms with Crippen LogP contribution in [-0.2, 0) is 0 Å². The molecule has 13 heteroatoms. The average Bonchev–Trinajstić information content (AvgIpc) is 2.47. The lowest BCUT2D eigenvalue weighted by molar-refractivity contribution is -0.407. The number of hydrogen-bond acceptors (Lipinski definition) is 10. The fourth-order valence-electron chi connectivity index (χ4n) is 2.01. The third-order valence-corrected chi connectivity index (χ3v) is 3.06. The minimum atomic E-state index is -1.30. The molecule has 1 heterocycles. The van der Waals surface area contributed by atoms with Crippen molar-refractivity contribution >= 4 is 17.1 Å². The van der Waals surface area contributed by atoms with Crippen molar-refractivity contribution in [2.75, 3.05) is 26.2 Å². The zero-order valence-corrected chi connectivity index (χ0v) is 11.5. The summed E-state index contributed by atoms with van der Waals surface area (Å²) in [6, 6.07) is 0.430. The fourth-order valence-corrected chi connectivity index (χ4v) is 2.01. The molecule has 2 N–H and O–H groups in total. The molecule has 0 amide bonds. The van der Waals surface area contributed by atoms with E-state index in [1.165, 1.54) is 5.06 Å². The monoisotopic (exact) mass is 329 g/mol. The number of rotatable bonds is 5. The molecule has 0 aliphatic carbocycles. The number of phenols is 1. The first-order chi connectivity index (χ1) is 10.8. The van der Waals surface area contributed by atoms with Crippen LogP contribution in [0.2, 0.25) is 0 Å². The second kappa shape index (κ2) is 6.37. The van der Waals surface area contributed by atoms with Gasteiger partial charge in [0.05, 0.1) is 14.8 Å². The van der Waals surface area contributed by atoms with E-state index in [0.29, 0.717) is 19.2 Å². The number of nitro benzene ring substituents is 3. The summed E-state index contributed by atoms with van der Waals surface area (Å²) in [6.07, 6.45) is 0. The van der Waals surface area contributed by atoms with E-state index in [-0.39, 0.29) is 13.1 Å². The lowest BCUT2D eigenvalue weighted by Crippen LogP contribution is -2.45. The normalized spacial score (nSPS) is 15.1. The number of nitro groups is 3. The maximum Gasteiger partial charge on any atom is 0.369 e. The molecule has 0 spiro atoms. The Balaban J connectivity index is 2.60. The zero-order chi connectivity index (χ0) is 17.1. The SMILES string of the molecule is O=[N+]([O-])c1cc([N+](=O)[O-])c(ON2CCNCC2)c([N+](=O)[O-])c1O. The van der Waals surface area contributed by atoms with E-state index in [9.17, 15) is 35.4 Å². The molecule has 0 bridgehead atoms. The van der Waals surface area contributed by atoms with Crippen LogP contribution in [0.4, 0.5) is 17.1 Å². The average molecular weight is 329 g/mol. The van der Waals surface area contributed by atoms with Gasteiger partial charge in [0.15, 0.2) is 0 Å². The summed E-state index contributed by atoms with van der Waals surface area (Å²) in [6.45, 7) is 1.54. The third-order valence-electron chi connectivity index (χ3n) is 3.06. The molecule has 1 aromatic rings. The molecular formula is C10H11N5O8. The highest BCUT2D eigenvalue weighted by Gasteiger charge is 2.39. The zero-order valence-electron chi connectivity index (χ0n) is 11.5. The quantitative estimate of drug-likeness (QED) is 0.565. The largest absolute Gasteiger partial charge is 0.497 e. The van der Waals surface area contributed by atoms with Gasteiger partial charge in [0.1, 0.15) is 6.07 Å². The molecule has 1 aliphatic rings. The van der Waals surface area contributed by atoms with Crippen LogP contribution in [0.1, 0.15) is 0 Å². The molecular weight excluding hydrogens is 318 g/mol. The Hall–Kier alpha value is -3.06. The number of piperazine rings is 1. The van der Waals surface area contributed by atoms with Crippen LogP contribution in [0.5, 0.6) is 11.5 Å². The van der Waals surface area contributed by atoms with Gasteiger partial charge in [-0.2, -0.15) is 0 Å². The molecule has 0 aromatic heterocycles. The standard InChI is InChI=1S/C10H11N5O8/c16-9-6(13(17)18)5-7(14(19)20)10(8(9)15(21)22)23-12-3-1-11-2-4-12/h5,11,16H,1-4H2. The summed E-state index contributed by atoms with van der Waals surface area (Å²) in [5.74, 6) is -2.14. The maximum absolute atomic E-state index is 11.1. The van der Waals surface area contributed by atoms with Crippen LogP contribution in [0.3, 0.4) is 0 Å². The van der Waals surface area contributed by atoms with Crippen molar-refractivity contribution in [2.24, 2.45) is 0 Å². The topological polar surface area (TPSA) is 174 Å². The smallest absolute Gasteiger partial charge is 0.369 e. The van der Waals surface area contributed by atoms with Crippen molar-refractivity contribution in [1.82, 2.24) is 10.4 Å². The number of benzene rings is 1. The molecule has 1 aromatic carbocycles. The molecule has 0 atom stereocenters. The molecule has 1 saturated heterocycles. The molecule has 0 unspecified atom stereocenters. The van der Waals surface area contributed by atoms with E-state index in [1.54, 1.807) is 0 Å². The van der Waals surface area contributed by atoms with E-state index >= 15 is 0 Å². The number of aromatic hydroxyl groups is 1. The van der Waals surface area contributed by atoms with Crippen LogP contribution in [0.25, 0.3) is 0 Å². The number of hydrogen-bond donors (Lipinski definition) is 2. The van der Waals surface area contributed by atoms with Gasteiger partial charge in [-0.1, -0.05) is 0 Å². The van der Waals surface area contributed by atoms with Crippen molar-refractivity contribution in [2.45, 2.75) is 0 Å². The Morgan fingerprint density at radius 2 is 1.61 bits per heavy atom. The highest BCUT2D eigenvalue weighted by Crippen LogP contribution is 2.48. The number of nitrogens with one attached hydrogen (secondary N) is 1. The molecule has 0 saturated carbocycles. The van der Waals surface area contributed by atoms with Crippen LogP contribution in [-0.4, -0.2) is 51.1 Å². The van der Waals surface area contributed by atoms with Gasteiger partial charge in [-0.3, -0.25) is 30.3 Å². The summed E-state index contributed by atoms with van der Waals surface area (Å²) < 4.78 is 0. The summed E-state index contributed by atoms with van der Waals surface area (Å²) in [5, 5.41) is 47.0. The summed E-state index contributed by atoms with van der Waals surface area (Å²) >= 11 is 0. The van der Waals surface area contributed by atoms with Gasteiger partial charge in [0.2, 0.25) is 0 Å². The number of hydroxylamine groups is 2. The van der Waals surface area contributed by atoms with Gasteiger partial charge in [0, 0.05) is 26.2 Å². The molecule has 124 valence electrons. The van der Waals surface area contributed by atoms with Crippen molar-refractivity contribution in [3.63, 3.8) is 0 Å². The van der Waals surface area contributed by atoms with Crippen molar-refractivity contribution < 1.29 is 24.7 Å². The maximum atomic E-state index is 11.1. The van der Waals surface area contributed by atoms with Crippen molar-refractivity contribution in [1.29, 1.82) is 0 Å². The van der Waals surface area contributed by atoms with E-state index in [0.717, 1.165) is 0 Å². The van der Waals surface area contributed by atoms with E-state index in [4.69, 9.17) is 4.84 Å². The first-order valence-electron chi connectivity index (χ1n) is 6.29. The van der Waals surface area contributed by atoms with E-state index in [2.05, 4.69) is 5.32 Å². The van der Waals surface area contributed by atoms with Crippen molar-refractivity contribution in [3.05, 3.63) is 36.4 Å². The van der Waals surface area contributed by atoms with Crippen LogP contribution >= 0.6 is 0 Å². The van der Waals surface area contributed by atoms with Crippen LogP contribution < -0.4 is 10.2 Å². The summed E-state index contributed by atoms with van der Waals surface area (Å²) in [7, 11) is 0. The van der Waals surface area contributed by atoms with Gasteiger partial charge < -0.3 is 15.3 Å². The Morgan fingerprint density at radius 1 is 1.04 bits per heavy atom. The Kier molecular flexibility index (Phi) is 4.52. The second-order valence-corrected chi connectivity index (χ2v) is 4.48. The first kappa shape index (κ1) is 16.3.